The number of piperazine rings is 1. The summed E-state index contributed by atoms with van der Waals surface area (Å²) in [6.45, 7) is 15.9. The number of amides is 4. The fourth-order valence-electron chi connectivity index (χ4n) is 3.58. The number of rotatable bonds is 8. The Morgan fingerprint density at radius 2 is 1.21 bits per heavy atom. The Labute approximate surface area is 199 Å². The first kappa shape index (κ1) is 28.8. The first-order valence-electron chi connectivity index (χ1n) is 11.5. The van der Waals surface area contributed by atoms with Crippen molar-refractivity contribution in [2.45, 2.75) is 65.6 Å². The Bertz CT molecular complexity index is 713. The van der Waals surface area contributed by atoms with Gasteiger partial charge < -0.3 is 20.4 Å². The van der Waals surface area contributed by atoms with Gasteiger partial charge in [0.05, 0.1) is 26.2 Å². The van der Waals surface area contributed by atoms with Crippen LogP contribution in [0.25, 0.3) is 0 Å². The second-order valence-electron chi connectivity index (χ2n) is 11.2. The van der Waals surface area contributed by atoms with Crippen molar-refractivity contribution in [1.29, 1.82) is 0 Å². The molecule has 1 unspecified atom stereocenters. The van der Waals surface area contributed by atoms with Crippen LogP contribution in [0.4, 0.5) is 0 Å². The third-order valence-corrected chi connectivity index (χ3v) is 5.19. The Hall–Kier alpha value is -2.20. The molecule has 1 heterocycles. The molecule has 1 atom stereocenters. The summed E-state index contributed by atoms with van der Waals surface area (Å²) in [5, 5.41) is 5.72. The zero-order valence-electron chi connectivity index (χ0n) is 21.9. The highest BCUT2D eigenvalue weighted by Gasteiger charge is 2.28. The maximum Gasteiger partial charge on any atom is 0.240 e. The summed E-state index contributed by atoms with van der Waals surface area (Å²) in [5.41, 5.74) is -0.678. The number of likely N-dealkylation sites (N-methyl/N-ethyl adjacent to an activating group) is 2. The van der Waals surface area contributed by atoms with Gasteiger partial charge in [-0.2, -0.15) is 0 Å². The van der Waals surface area contributed by atoms with E-state index in [0.717, 1.165) is 0 Å². The van der Waals surface area contributed by atoms with Crippen LogP contribution in [0.15, 0.2) is 0 Å². The Balaban J connectivity index is 2.47. The minimum Gasteiger partial charge on any atom is -0.350 e. The van der Waals surface area contributed by atoms with Crippen LogP contribution < -0.4 is 10.6 Å². The molecule has 33 heavy (non-hydrogen) atoms. The molecule has 0 spiro atoms. The van der Waals surface area contributed by atoms with Crippen molar-refractivity contribution >= 4 is 23.6 Å². The highest BCUT2D eigenvalue weighted by molar-refractivity contribution is 5.86. The molecule has 190 valence electrons. The van der Waals surface area contributed by atoms with Crippen molar-refractivity contribution in [3.8, 4) is 0 Å². The van der Waals surface area contributed by atoms with E-state index in [1.54, 1.807) is 14.1 Å². The van der Waals surface area contributed by atoms with E-state index in [2.05, 4.69) is 15.5 Å². The normalized spacial score (nSPS) is 17.9. The molecule has 0 aromatic heterocycles. The molecule has 4 amide bonds. The molecule has 0 aliphatic carbocycles. The Kier molecular flexibility index (Phi) is 10.3. The number of nitrogens with zero attached hydrogens (tertiary/aromatic N) is 4. The van der Waals surface area contributed by atoms with E-state index < -0.39 is 0 Å². The summed E-state index contributed by atoms with van der Waals surface area (Å²) in [5.74, 6) is -0.592. The van der Waals surface area contributed by atoms with Crippen LogP contribution in [0.3, 0.4) is 0 Å². The lowest BCUT2D eigenvalue weighted by molar-refractivity contribution is -0.138. The smallest absolute Gasteiger partial charge is 0.240 e. The molecule has 0 saturated carbocycles. The van der Waals surface area contributed by atoms with Gasteiger partial charge in [-0.15, -0.1) is 0 Å². The molecule has 0 bridgehead atoms. The van der Waals surface area contributed by atoms with E-state index in [9.17, 15) is 19.2 Å². The zero-order valence-corrected chi connectivity index (χ0v) is 21.9. The fourth-order valence-corrected chi connectivity index (χ4v) is 3.58. The Morgan fingerprint density at radius 1 is 0.788 bits per heavy atom. The lowest BCUT2D eigenvalue weighted by Crippen LogP contribution is -2.56. The second-order valence-corrected chi connectivity index (χ2v) is 11.2. The molecule has 1 fully saturated rings. The maximum absolute atomic E-state index is 12.6. The lowest BCUT2D eigenvalue weighted by Gasteiger charge is -2.40. The van der Waals surface area contributed by atoms with Crippen LogP contribution >= 0.6 is 0 Å². The van der Waals surface area contributed by atoms with Gasteiger partial charge >= 0.3 is 0 Å². The highest BCUT2D eigenvalue weighted by Crippen LogP contribution is 2.10. The van der Waals surface area contributed by atoms with Crippen molar-refractivity contribution in [2.24, 2.45) is 0 Å². The van der Waals surface area contributed by atoms with Crippen LogP contribution in [0.1, 0.15) is 48.5 Å². The van der Waals surface area contributed by atoms with Crippen molar-refractivity contribution in [1.82, 2.24) is 30.2 Å². The minimum atomic E-state index is -0.340. The summed E-state index contributed by atoms with van der Waals surface area (Å²) in [7, 11) is 3.27. The molecule has 10 nitrogen and oxygen atoms in total. The van der Waals surface area contributed by atoms with Gasteiger partial charge in [0.1, 0.15) is 0 Å². The van der Waals surface area contributed by atoms with Crippen molar-refractivity contribution in [3.63, 3.8) is 0 Å². The van der Waals surface area contributed by atoms with E-state index in [0.29, 0.717) is 19.6 Å². The fraction of sp³-hybridized carbons (Fsp3) is 0.826. The number of hydrogen-bond acceptors (Lipinski definition) is 6. The predicted molar refractivity (Wildman–Crippen MR) is 129 cm³/mol. The summed E-state index contributed by atoms with van der Waals surface area (Å²) in [6.07, 6.45) is 0. The molecule has 1 rings (SSSR count). The first-order valence-corrected chi connectivity index (χ1v) is 11.5. The monoisotopic (exact) mass is 468 g/mol. The molecule has 0 aromatic carbocycles. The van der Waals surface area contributed by atoms with Crippen molar-refractivity contribution in [3.05, 3.63) is 0 Å². The third-order valence-electron chi connectivity index (χ3n) is 5.19. The summed E-state index contributed by atoms with van der Waals surface area (Å²) < 4.78 is 0. The summed E-state index contributed by atoms with van der Waals surface area (Å²) in [6, 6.07) is 0.0850. The topological polar surface area (TPSA) is 105 Å². The van der Waals surface area contributed by atoms with Crippen LogP contribution in [-0.2, 0) is 19.2 Å². The van der Waals surface area contributed by atoms with Crippen molar-refractivity contribution in [2.75, 3.05) is 59.9 Å². The maximum atomic E-state index is 12.6. The average molecular weight is 469 g/mol. The van der Waals surface area contributed by atoms with Gasteiger partial charge in [-0.25, -0.2) is 0 Å². The van der Waals surface area contributed by atoms with E-state index in [1.165, 1.54) is 9.80 Å². The second kappa shape index (κ2) is 11.8. The molecule has 1 saturated heterocycles. The van der Waals surface area contributed by atoms with Crippen LogP contribution in [0, 0.1) is 0 Å². The van der Waals surface area contributed by atoms with Crippen LogP contribution in [0.5, 0.6) is 0 Å². The molecular formula is C23H44N6O4. The van der Waals surface area contributed by atoms with E-state index >= 15 is 0 Å². The van der Waals surface area contributed by atoms with Gasteiger partial charge in [-0.05, 0) is 48.5 Å². The summed E-state index contributed by atoms with van der Waals surface area (Å²) >= 11 is 0. The van der Waals surface area contributed by atoms with Gasteiger partial charge in [0.15, 0.2) is 0 Å². The van der Waals surface area contributed by atoms with Gasteiger partial charge in [-0.1, -0.05) is 0 Å². The van der Waals surface area contributed by atoms with Crippen molar-refractivity contribution < 1.29 is 19.2 Å². The molecule has 2 N–H and O–H groups in total. The van der Waals surface area contributed by atoms with E-state index in [4.69, 9.17) is 0 Å². The molecule has 1 aliphatic heterocycles. The minimum absolute atomic E-state index is 0.0219. The Morgan fingerprint density at radius 3 is 1.61 bits per heavy atom. The standard InChI is InChI=1S/C23H44N6O4/c1-17-12-28(15-20(32)26(8)13-18(30)24-22(2,3)4)10-11-29(17)16-21(33)27(9)14-19(31)25-23(5,6)7/h17H,10-16H2,1-9H3,(H,24,30)(H,25,31). The quantitative estimate of drug-likeness (QED) is 0.509. The van der Waals surface area contributed by atoms with E-state index in [1.807, 2.05) is 53.4 Å². The molecule has 0 radical (unpaired) electrons. The predicted octanol–water partition coefficient (Wildman–Crippen LogP) is -0.261. The van der Waals surface area contributed by atoms with Gasteiger partial charge in [0, 0.05) is 50.8 Å². The van der Waals surface area contributed by atoms with Crippen LogP contribution in [-0.4, -0.2) is 120 Å². The molecular weight excluding hydrogens is 424 g/mol. The molecule has 0 aromatic rings. The number of carbonyl (C=O) groups excluding carboxylic acids is 4. The third kappa shape index (κ3) is 11.5. The van der Waals surface area contributed by atoms with Gasteiger partial charge in [0.2, 0.25) is 23.6 Å². The van der Waals surface area contributed by atoms with Gasteiger partial charge in [-0.3, -0.25) is 29.0 Å². The van der Waals surface area contributed by atoms with Crippen LogP contribution in [0.2, 0.25) is 0 Å². The number of carbonyl (C=O) groups is 4. The molecule has 1 aliphatic rings. The number of hydrogen-bond donors (Lipinski definition) is 2. The van der Waals surface area contributed by atoms with E-state index in [-0.39, 0.29) is 66.9 Å². The average Bonchev–Trinajstić information content (AvgIpc) is 2.60. The largest absolute Gasteiger partial charge is 0.350 e. The number of nitrogens with one attached hydrogen (secondary N) is 2. The molecule has 10 heteroatoms. The summed E-state index contributed by atoms with van der Waals surface area (Å²) in [4.78, 5) is 56.3. The van der Waals surface area contributed by atoms with Gasteiger partial charge in [0.25, 0.3) is 0 Å². The lowest BCUT2D eigenvalue weighted by atomic mass is 10.1. The zero-order chi connectivity index (χ0) is 25.6. The SMILES string of the molecule is CC1CN(CC(=O)N(C)CC(=O)NC(C)(C)C)CCN1CC(=O)N(C)CC(=O)NC(C)(C)C. The first-order chi connectivity index (χ1) is 15.0. The highest BCUT2D eigenvalue weighted by atomic mass is 16.2.